The van der Waals surface area contributed by atoms with Gasteiger partial charge in [0.2, 0.25) is 0 Å². The van der Waals surface area contributed by atoms with Crippen LogP contribution in [0.5, 0.6) is 0 Å². The average Bonchev–Trinajstić information content (AvgIpc) is 3.17. The van der Waals surface area contributed by atoms with Gasteiger partial charge in [-0.15, -0.1) is 0 Å². The predicted molar refractivity (Wildman–Crippen MR) is 80.0 cm³/mol. The van der Waals surface area contributed by atoms with Crippen molar-refractivity contribution in [3.8, 4) is 0 Å². The third-order valence-electron chi connectivity index (χ3n) is 3.49. The van der Waals surface area contributed by atoms with E-state index in [1.807, 2.05) is 0 Å². The Labute approximate surface area is 123 Å². The van der Waals surface area contributed by atoms with Gasteiger partial charge in [0.05, 0.1) is 38.1 Å². The van der Waals surface area contributed by atoms with Gasteiger partial charge in [-0.2, -0.15) is 0 Å². The highest BCUT2D eigenvalue weighted by molar-refractivity contribution is 4.80. The summed E-state index contributed by atoms with van der Waals surface area (Å²) in [5, 5.41) is 0. The summed E-state index contributed by atoms with van der Waals surface area (Å²) in [5.41, 5.74) is 0. The van der Waals surface area contributed by atoms with Gasteiger partial charge < -0.3 is 14.2 Å². The maximum absolute atomic E-state index is 5.24. The molecule has 0 spiro atoms. The number of hydrogen-bond donors (Lipinski definition) is 0. The van der Waals surface area contributed by atoms with Crippen molar-refractivity contribution in [1.29, 1.82) is 0 Å². The zero-order valence-corrected chi connectivity index (χ0v) is 13.5. The molecule has 3 heterocycles. The molecule has 3 atom stereocenters. The summed E-state index contributed by atoms with van der Waals surface area (Å²) in [5.74, 6) is 1.55. The second-order valence-electron chi connectivity index (χ2n) is 7.11. The van der Waals surface area contributed by atoms with E-state index in [4.69, 9.17) is 14.2 Å². The first-order valence-corrected chi connectivity index (χ1v) is 8.10. The van der Waals surface area contributed by atoms with Gasteiger partial charge in [-0.25, -0.2) is 0 Å². The van der Waals surface area contributed by atoms with Crippen molar-refractivity contribution in [2.75, 3.05) is 39.5 Å². The largest absolute Gasteiger partial charge is 0.373 e. The Hall–Kier alpha value is -0.160. The van der Waals surface area contributed by atoms with Crippen LogP contribution in [-0.2, 0) is 14.2 Å². The SMILES string of the molecule is CC(C)CC1CO1.CC(C)CN(CC1CO1)CC1CO1. The van der Waals surface area contributed by atoms with Crippen molar-refractivity contribution in [3.63, 3.8) is 0 Å². The summed E-state index contributed by atoms with van der Waals surface area (Å²) in [7, 11) is 0. The minimum absolute atomic E-state index is 0.512. The lowest BCUT2D eigenvalue weighted by Gasteiger charge is -2.22. The van der Waals surface area contributed by atoms with Crippen molar-refractivity contribution in [3.05, 3.63) is 0 Å². The molecule has 3 fully saturated rings. The molecule has 0 aliphatic carbocycles. The zero-order chi connectivity index (χ0) is 14.5. The molecule has 4 nitrogen and oxygen atoms in total. The molecule has 4 heteroatoms. The standard InChI is InChI=1S/C10H19NO2.C6H12O/c1-8(2)3-11(4-9-6-12-9)5-10-7-13-10;1-5(2)3-6-4-7-6/h8-10H,3-7H2,1-2H3;5-6H,3-4H2,1-2H3. The third kappa shape index (κ3) is 8.20. The van der Waals surface area contributed by atoms with Crippen LogP contribution in [0.15, 0.2) is 0 Å². The molecule has 3 aliphatic rings. The van der Waals surface area contributed by atoms with E-state index < -0.39 is 0 Å². The van der Waals surface area contributed by atoms with Crippen LogP contribution in [0.2, 0.25) is 0 Å². The Morgan fingerprint density at radius 1 is 0.800 bits per heavy atom. The molecule has 0 radical (unpaired) electrons. The first-order chi connectivity index (χ1) is 9.52. The fraction of sp³-hybridized carbons (Fsp3) is 1.00. The van der Waals surface area contributed by atoms with E-state index in [-0.39, 0.29) is 0 Å². The van der Waals surface area contributed by atoms with Crippen LogP contribution in [0.3, 0.4) is 0 Å². The molecule has 3 saturated heterocycles. The van der Waals surface area contributed by atoms with Gasteiger partial charge in [0.15, 0.2) is 0 Å². The summed E-state index contributed by atoms with van der Waals surface area (Å²) in [6, 6.07) is 0. The Morgan fingerprint density at radius 3 is 1.50 bits per heavy atom. The van der Waals surface area contributed by atoms with Crippen LogP contribution in [0, 0.1) is 11.8 Å². The Kier molecular flexibility index (Phi) is 6.27. The summed E-state index contributed by atoms with van der Waals surface area (Å²) < 4.78 is 15.5. The topological polar surface area (TPSA) is 40.8 Å². The number of epoxide rings is 3. The van der Waals surface area contributed by atoms with Crippen molar-refractivity contribution < 1.29 is 14.2 Å². The number of nitrogens with zero attached hydrogens (tertiary/aromatic N) is 1. The average molecular weight is 285 g/mol. The lowest BCUT2D eigenvalue weighted by Crippen LogP contribution is -2.34. The maximum Gasteiger partial charge on any atom is 0.0936 e. The van der Waals surface area contributed by atoms with Crippen molar-refractivity contribution in [2.24, 2.45) is 11.8 Å². The Balaban J connectivity index is 0.000000178. The van der Waals surface area contributed by atoms with Crippen LogP contribution in [-0.4, -0.2) is 62.7 Å². The van der Waals surface area contributed by atoms with E-state index in [1.54, 1.807) is 0 Å². The molecule has 0 amide bonds. The van der Waals surface area contributed by atoms with E-state index in [0.717, 1.165) is 44.7 Å². The normalized spacial score (nSPS) is 30.4. The molecular formula is C16H31NO3. The van der Waals surface area contributed by atoms with Crippen LogP contribution >= 0.6 is 0 Å². The maximum atomic E-state index is 5.24. The van der Waals surface area contributed by atoms with Gasteiger partial charge in [-0.3, -0.25) is 4.90 Å². The summed E-state index contributed by atoms with van der Waals surface area (Å²) in [6.45, 7) is 15.3. The molecule has 0 aromatic carbocycles. The van der Waals surface area contributed by atoms with Crippen LogP contribution in [0.25, 0.3) is 0 Å². The summed E-state index contributed by atoms with van der Waals surface area (Å²) >= 11 is 0. The molecule has 0 saturated carbocycles. The molecule has 20 heavy (non-hydrogen) atoms. The van der Waals surface area contributed by atoms with Crippen LogP contribution in [0.1, 0.15) is 34.1 Å². The lowest BCUT2D eigenvalue weighted by molar-refractivity contribution is 0.201. The molecule has 3 unspecified atom stereocenters. The first kappa shape index (κ1) is 16.2. The quantitative estimate of drug-likeness (QED) is 0.641. The number of rotatable bonds is 8. The highest BCUT2D eigenvalue weighted by Crippen LogP contribution is 2.18. The molecule has 0 aromatic heterocycles. The van der Waals surface area contributed by atoms with Crippen LogP contribution in [0.4, 0.5) is 0 Å². The highest BCUT2D eigenvalue weighted by Gasteiger charge is 2.30. The molecular weight excluding hydrogens is 254 g/mol. The van der Waals surface area contributed by atoms with Crippen LogP contribution < -0.4 is 0 Å². The Bertz CT molecular complexity index is 251. The molecule has 118 valence electrons. The Morgan fingerprint density at radius 2 is 1.25 bits per heavy atom. The first-order valence-electron chi connectivity index (χ1n) is 8.10. The van der Waals surface area contributed by atoms with Gasteiger partial charge in [0.1, 0.15) is 0 Å². The second kappa shape index (κ2) is 7.74. The fourth-order valence-electron chi connectivity index (χ4n) is 2.39. The van der Waals surface area contributed by atoms with Gasteiger partial charge in [-0.1, -0.05) is 27.7 Å². The van der Waals surface area contributed by atoms with E-state index >= 15 is 0 Å². The minimum atomic E-state index is 0.512. The van der Waals surface area contributed by atoms with E-state index in [9.17, 15) is 0 Å². The van der Waals surface area contributed by atoms with Gasteiger partial charge in [0.25, 0.3) is 0 Å². The molecule has 0 aromatic rings. The number of ether oxygens (including phenoxy) is 3. The van der Waals surface area contributed by atoms with E-state index in [1.165, 1.54) is 13.0 Å². The lowest BCUT2D eigenvalue weighted by atomic mass is 10.1. The van der Waals surface area contributed by atoms with Crippen molar-refractivity contribution in [2.45, 2.75) is 52.4 Å². The van der Waals surface area contributed by atoms with Crippen molar-refractivity contribution in [1.82, 2.24) is 4.90 Å². The second-order valence-corrected chi connectivity index (χ2v) is 7.11. The monoisotopic (exact) mass is 285 g/mol. The molecule has 0 N–H and O–H groups in total. The van der Waals surface area contributed by atoms with Gasteiger partial charge in [0, 0.05) is 19.6 Å². The van der Waals surface area contributed by atoms with E-state index in [2.05, 4.69) is 32.6 Å². The molecule has 0 bridgehead atoms. The minimum Gasteiger partial charge on any atom is -0.373 e. The highest BCUT2D eigenvalue weighted by atomic mass is 16.6. The molecule has 3 aliphatic heterocycles. The van der Waals surface area contributed by atoms with Gasteiger partial charge >= 0.3 is 0 Å². The fourth-order valence-corrected chi connectivity index (χ4v) is 2.39. The van der Waals surface area contributed by atoms with Crippen molar-refractivity contribution >= 4 is 0 Å². The predicted octanol–water partition coefficient (Wildman–Crippen LogP) is 2.17. The zero-order valence-electron chi connectivity index (χ0n) is 13.5. The van der Waals surface area contributed by atoms with E-state index in [0.29, 0.717) is 18.3 Å². The van der Waals surface area contributed by atoms with Gasteiger partial charge in [-0.05, 0) is 18.3 Å². The smallest absolute Gasteiger partial charge is 0.0936 e. The third-order valence-corrected chi connectivity index (χ3v) is 3.49. The molecule has 3 rings (SSSR count). The number of hydrogen-bond acceptors (Lipinski definition) is 4. The summed E-state index contributed by atoms with van der Waals surface area (Å²) in [6.07, 6.45) is 2.90. The summed E-state index contributed by atoms with van der Waals surface area (Å²) in [4.78, 5) is 2.47.